The number of Topliss-reactive ketones (excluding diaryl/α,β-unsaturated/α-hetero) is 1. The van der Waals surface area contributed by atoms with E-state index in [0.717, 1.165) is 19.4 Å². The van der Waals surface area contributed by atoms with E-state index in [0.29, 0.717) is 18.3 Å². The van der Waals surface area contributed by atoms with Gasteiger partial charge < -0.3 is 10.1 Å². The molecule has 0 aromatic heterocycles. The minimum atomic E-state index is -0.398. The van der Waals surface area contributed by atoms with Crippen molar-refractivity contribution in [1.82, 2.24) is 10.6 Å². The van der Waals surface area contributed by atoms with Gasteiger partial charge in [-0.2, -0.15) is 0 Å². The zero-order valence-corrected chi connectivity index (χ0v) is 11.6. The van der Waals surface area contributed by atoms with Gasteiger partial charge in [0.25, 0.3) is 0 Å². The van der Waals surface area contributed by atoms with Crippen LogP contribution in [0, 0.1) is 5.92 Å². The van der Waals surface area contributed by atoms with Crippen LogP contribution < -0.4 is 10.6 Å². The number of carbonyl (C=O) groups is 3. The Balaban J connectivity index is 0.000000194. The van der Waals surface area contributed by atoms with Crippen LogP contribution in [-0.2, 0) is 20.9 Å². The number of urea groups is 1. The zero-order chi connectivity index (χ0) is 15.1. The van der Waals surface area contributed by atoms with Crippen LogP contribution in [0.4, 0.5) is 4.79 Å². The highest BCUT2D eigenvalue weighted by Crippen LogP contribution is 2.22. The Labute approximate surface area is 122 Å². The number of hydrogen-bond donors (Lipinski definition) is 2. The number of benzene rings is 1. The zero-order valence-electron chi connectivity index (χ0n) is 11.6. The summed E-state index contributed by atoms with van der Waals surface area (Å²) in [5.74, 6) is 0.592. The normalized spacial score (nSPS) is 17.4. The topological polar surface area (TPSA) is 84.5 Å². The van der Waals surface area contributed by atoms with Crippen molar-refractivity contribution in [2.24, 2.45) is 5.92 Å². The molecule has 0 unspecified atom stereocenters. The molecule has 1 saturated heterocycles. The van der Waals surface area contributed by atoms with Gasteiger partial charge in [0.15, 0.2) is 0 Å². The molecule has 3 amide bonds. The predicted molar refractivity (Wildman–Crippen MR) is 75.4 cm³/mol. The van der Waals surface area contributed by atoms with Crippen LogP contribution in [0.15, 0.2) is 30.3 Å². The van der Waals surface area contributed by atoms with Crippen molar-refractivity contribution in [3.8, 4) is 0 Å². The number of rotatable bonds is 4. The number of amides is 3. The highest BCUT2D eigenvalue weighted by molar-refractivity contribution is 6.01. The molecule has 2 N–H and O–H groups in total. The van der Waals surface area contributed by atoms with E-state index >= 15 is 0 Å². The van der Waals surface area contributed by atoms with Gasteiger partial charge in [-0.05, 0) is 11.5 Å². The van der Waals surface area contributed by atoms with Crippen molar-refractivity contribution in [2.45, 2.75) is 19.4 Å². The summed E-state index contributed by atoms with van der Waals surface area (Å²) in [5.41, 5.74) is 1.19. The third-order valence-corrected chi connectivity index (χ3v) is 3.16. The summed E-state index contributed by atoms with van der Waals surface area (Å²) in [6.07, 6.45) is 1.43. The van der Waals surface area contributed by atoms with Gasteiger partial charge in [-0.25, -0.2) is 4.79 Å². The lowest BCUT2D eigenvalue weighted by Gasteiger charge is -2.23. The molecule has 112 valence electrons. The number of imide groups is 1. The minimum absolute atomic E-state index is 0.124. The van der Waals surface area contributed by atoms with Gasteiger partial charge in [0.05, 0.1) is 19.8 Å². The molecular weight excluding hydrogens is 272 g/mol. The van der Waals surface area contributed by atoms with E-state index < -0.39 is 6.03 Å². The van der Waals surface area contributed by atoms with Crippen molar-refractivity contribution in [2.75, 3.05) is 13.2 Å². The maximum atomic E-state index is 10.7. The van der Waals surface area contributed by atoms with E-state index in [4.69, 9.17) is 4.74 Å². The molecule has 1 aliphatic heterocycles. The molecule has 2 fully saturated rings. The average Bonchev–Trinajstić information content (AvgIpc) is 2.82. The Kier molecular flexibility index (Phi) is 5.45. The molecule has 1 aromatic carbocycles. The Hall–Kier alpha value is -2.21. The lowest BCUT2D eigenvalue weighted by molar-refractivity contribution is -0.128. The van der Waals surface area contributed by atoms with Gasteiger partial charge in [0.1, 0.15) is 5.78 Å². The first-order valence-corrected chi connectivity index (χ1v) is 6.84. The molecule has 6 heteroatoms. The third-order valence-electron chi connectivity index (χ3n) is 3.16. The van der Waals surface area contributed by atoms with Gasteiger partial charge >= 0.3 is 6.03 Å². The first kappa shape index (κ1) is 15.2. The quantitative estimate of drug-likeness (QED) is 0.810. The average molecular weight is 290 g/mol. The van der Waals surface area contributed by atoms with Gasteiger partial charge in [-0.1, -0.05) is 30.3 Å². The number of carbonyl (C=O) groups excluding carboxylic acids is 3. The Morgan fingerprint density at radius 3 is 2.29 bits per heavy atom. The van der Waals surface area contributed by atoms with E-state index in [9.17, 15) is 14.4 Å². The molecule has 1 aromatic rings. The van der Waals surface area contributed by atoms with Crippen LogP contribution >= 0.6 is 0 Å². The van der Waals surface area contributed by atoms with Crippen LogP contribution in [0.5, 0.6) is 0 Å². The molecule has 1 saturated carbocycles. The van der Waals surface area contributed by atoms with Crippen molar-refractivity contribution >= 4 is 17.7 Å². The molecule has 6 nitrogen and oxygen atoms in total. The highest BCUT2D eigenvalue weighted by atomic mass is 16.5. The fourth-order valence-corrected chi connectivity index (χ4v) is 2.00. The standard InChI is InChI=1S/C12H14O2.C3H4N2O2/c13-12-6-11(7-12)9-14-8-10-4-2-1-3-5-10;6-2-1-4-3(7)5-2/h1-5,11H,6-9H2;1H2,(H2,4,5,6,7). The summed E-state index contributed by atoms with van der Waals surface area (Å²) in [7, 11) is 0. The molecule has 0 spiro atoms. The minimum Gasteiger partial charge on any atom is -0.376 e. The SMILES string of the molecule is O=C1CC(COCc2ccccc2)C1.O=C1CNC(=O)N1. The smallest absolute Gasteiger partial charge is 0.321 e. The molecule has 0 radical (unpaired) electrons. The number of ether oxygens (including phenoxy) is 1. The molecule has 0 atom stereocenters. The van der Waals surface area contributed by atoms with E-state index in [1.165, 1.54) is 5.56 Å². The molecule has 21 heavy (non-hydrogen) atoms. The summed E-state index contributed by atoms with van der Waals surface area (Å²) in [6.45, 7) is 1.50. The third kappa shape index (κ3) is 5.35. The van der Waals surface area contributed by atoms with Gasteiger partial charge in [0.2, 0.25) is 5.91 Å². The predicted octanol–water partition coefficient (Wildman–Crippen LogP) is 1.01. The Bertz CT molecular complexity index is 494. The second-order valence-corrected chi connectivity index (χ2v) is 5.04. The highest BCUT2D eigenvalue weighted by Gasteiger charge is 2.26. The Morgan fingerprint density at radius 2 is 1.81 bits per heavy atom. The van der Waals surface area contributed by atoms with E-state index in [-0.39, 0.29) is 12.5 Å². The molecule has 1 heterocycles. The van der Waals surface area contributed by atoms with E-state index in [1.807, 2.05) is 35.6 Å². The van der Waals surface area contributed by atoms with Crippen LogP contribution in [0.25, 0.3) is 0 Å². The number of ketones is 1. The fraction of sp³-hybridized carbons (Fsp3) is 0.400. The lowest BCUT2D eigenvalue weighted by Crippen LogP contribution is -2.27. The molecule has 3 rings (SSSR count). The van der Waals surface area contributed by atoms with E-state index in [2.05, 4.69) is 5.32 Å². The van der Waals surface area contributed by atoms with Crippen molar-refractivity contribution in [3.63, 3.8) is 0 Å². The van der Waals surface area contributed by atoms with Crippen LogP contribution in [0.3, 0.4) is 0 Å². The maximum Gasteiger partial charge on any atom is 0.321 e. The molecule has 2 aliphatic rings. The van der Waals surface area contributed by atoms with Crippen LogP contribution in [0.2, 0.25) is 0 Å². The van der Waals surface area contributed by atoms with Crippen molar-refractivity contribution in [3.05, 3.63) is 35.9 Å². The lowest BCUT2D eigenvalue weighted by atomic mass is 9.85. The summed E-state index contributed by atoms with van der Waals surface area (Å²) >= 11 is 0. The number of hydrogen-bond acceptors (Lipinski definition) is 4. The monoisotopic (exact) mass is 290 g/mol. The fourth-order valence-electron chi connectivity index (χ4n) is 2.00. The second kappa shape index (κ2) is 7.54. The Morgan fingerprint density at radius 1 is 1.10 bits per heavy atom. The molecular formula is C15H18N2O4. The summed E-state index contributed by atoms with van der Waals surface area (Å²) in [5, 5.41) is 4.30. The maximum absolute atomic E-state index is 10.7. The second-order valence-electron chi connectivity index (χ2n) is 5.04. The first-order chi connectivity index (χ1) is 10.1. The summed E-state index contributed by atoms with van der Waals surface area (Å²) in [6, 6.07) is 9.70. The number of nitrogens with one attached hydrogen (secondary N) is 2. The van der Waals surface area contributed by atoms with Crippen molar-refractivity contribution in [1.29, 1.82) is 0 Å². The first-order valence-electron chi connectivity index (χ1n) is 6.84. The van der Waals surface area contributed by atoms with E-state index in [1.54, 1.807) is 0 Å². The summed E-state index contributed by atoms with van der Waals surface area (Å²) < 4.78 is 5.52. The van der Waals surface area contributed by atoms with Gasteiger partial charge in [0, 0.05) is 12.8 Å². The van der Waals surface area contributed by atoms with Gasteiger partial charge in [-0.15, -0.1) is 0 Å². The van der Waals surface area contributed by atoms with Crippen LogP contribution in [-0.4, -0.2) is 30.9 Å². The molecule has 0 bridgehead atoms. The van der Waals surface area contributed by atoms with Gasteiger partial charge in [-0.3, -0.25) is 14.9 Å². The summed E-state index contributed by atoms with van der Waals surface area (Å²) in [4.78, 5) is 30.8. The molecule has 1 aliphatic carbocycles. The van der Waals surface area contributed by atoms with Crippen LogP contribution in [0.1, 0.15) is 18.4 Å². The largest absolute Gasteiger partial charge is 0.376 e. The van der Waals surface area contributed by atoms with Crippen molar-refractivity contribution < 1.29 is 19.1 Å².